The van der Waals surface area contributed by atoms with Crippen molar-refractivity contribution in [3.8, 4) is 5.75 Å². The summed E-state index contributed by atoms with van der Waals surface area (Å²) in [6.45, 7) is 8.76. The molecule has 3 aliphatic heterocycles. The minimum Gasteiger partial charge on any atom is -0.491 e. The van der Waals surface area contributed by atoms with Gasteiger partial charge in [-0.2, -0.15) is 0 Å². The minimum atomic E-state index is -0.467. The van der Waals surface area contributed by atoms with Gasteiger partial charge in [0, 0.05) is 25.0 Å². The van der Waals surface area contributed by atoms with Gasteiger partial charge in [0.05, 0.1) is 12.0 Å². The topological polar surface area (TPSA) is 61.9 Å². The van der Waals surface area contributed by atoms with Crippen molar-refractivity contribution in [3.05, 3.63) is 29.8 Å². The number of rotatable bonds is 2. The van der Waals surface area contributed by atoms with E-state index in [1.54, 1.807) is 0 Å². The molecule has 3 aliphatic rings. The normalized spacial score (nSPS) is 26.2. The zero-order valence-corrected chi connectivity index (χ0v) is 20.5. The molecule has 0 aliphatic carbocycles. The summed E-state index contributed by atoms with van der Waals surface area (Å²) in [6, 6.07) is 8.75. The number of nitrogens with zero attached hydrogens (tertiary/aromatic N) is 2. The Labute approximate surface area is 199 Å². The molecule has 2 amide bonds. The van der Waals surface area contributed by atoms with Crippen molar-refractivity contribution in [3.63, 3.8) is 0 Å². The van der Waals surface area contributed by atoms with Crippen LogP contribution in [0.3, 0.4) is 0 Å². The predicted molar refractivity (Wildman–Crippen MR) is 130 cm³/mol. The molecule has 0 bridgehead atoms. The third-order valence-corrected chi connectivity index (χ3v) is 7.95. The standard InChI is InChI=1S/C27H41N3O3/c1-21(2)29-17-11-23(12-18-29)25(31)30-16-7-14-27(20-30)13-6-5-9-22-8-3-4-10-24(22)33-19-15-28-26(27)32/h3-4,8,10,21,23H,5-7,9,11-20H2,1-2H3,(H,28,32). The van der Waals surface area contributed by atoms with E-state index in [1.165, 1.54) is 5.56 Å². The molecular formula is C27H41N3O3. The number of hydrogen-bond acceptors (Lipinski definition) is 4. The third kappa shape index (κ3) is 5.71. The fourth-order valence-corrected chi connectivity index (χ4v) is 5.89. The van der Waals surface area contributed by atoms with E-state index in [0.717, 1.165) is 76.8 Å². The molecule has 3 heterocycles. The fraction of sp³-hybridized carbons (Fsp3) is 0.704. The van der Waals surface area contributed by atoms with Crippen LogP contribution in [0.15, 0.2) is 24.3 Å². The van der Waals surface area contributed by atoms with Gasteiger partial charge in [0.1, 0.15) is 12.4 Å². The summed E-state index contributed by atoms with van der Waals surface area (Å²) >= 11 is 0. The van der Waals surface area contributed by atoms with Crippen LogP contribution < -0.4 is 10.1 Å². The second-order valence-corrected chi connectivity index (χ2v) is 10.5. The first-order chi connectivity index (χ1) is 16.0. The van der Waals surface area contributed by atoms with Gasteiger partial charge in [0.15, 0.2) is 0 Å². The molecule has 33 heavy (non-hydrogen) atoms. The van der Waals surface area contributed by atoms with Gasteiger partial charge >= 0.3 is 0 Å². The monoisotopic (exact) mass is 455 g/mol. The zero-order valence-electron chi connectivity index (χ0n) is 20.5. The fourth-order valence-electron chi connectivity index (χ4n) is 5.89. The van der Waals surface area contributed by atoms with Crippen LogP contribution >= 0.6 is 0 Å². The molecule has 1 aromatic carbocycles. The van der Waals surface area contributed by atoms with E-state index in [4.69, 9.17) is 4.74 Å². The lowest BCUT2D eigenvalue weighted by Gasteiger charge is -2.44. The minimum absolute atomic E-state index is 0.104. The maximum atomic E-state index is 13.4. The smallest absolute Gasteiger partial charge is 0.228 e. The van der Waals surface area contributed by atoms with Crippen molar-refractivity contribution in [2.75, 3.05) is 39.3 Å². The Bertz CT molecular complexity index is 819. The number of nitrogens with one attached hydrogen (secondary N) is 1. The second kappa shape index (κ2) is 10.9. The summed E-state index contributed by atoms with van der Waals surface area (Å²) < 4.78 is 5.97. The van der Waals surface area contributed by atoms with Crippen molar-refractivity contribution < 1.29 is 14.3 Å². The van der Waals surface area contributed by atoms with E-state index in [0.29, 0.717) is 25.7 Å². The summed E-state index contributed by atoms with van der Waals surface area (Å²) in [5.74, 6) is 1.41. The summed E-state index contributed by atoms with van der Waals surface area (Å²) in [5.41, 5.74) is 0.775. The number of benzene rings is 1. The number of piperidine rings is 2. The van der Waals surface area contributed by atoms with Gasteiger partial charge in [0.2, 0.25) is 11.8 Å². The first-order valence-corrected chi connectivity index (χ1v) is 13.0. The Balaban J connectivity index is 1.41. The molecule has 0 saturated carbocycles. The van der Waals surface area contributed by atoms with Crippen LogP contribution in [-0.4, -0.2) is 67.0 Å². The molecule has 0 radical (unpaired) electrons. The van der Waals surface area contributed by atoms with Crippen molar-refractivity contribution in [1.29, 1.82) is 0 Å². The number of amides is 2. The molecule has 1 atom stereocenters. The average molecular weight is 456 g/mol. The van der Waals surface area contributed by atoms with Gasteiger partial charge in [-0.05, 0) is 83.5 Å². The number of para-hydroxylation sites is 1. The van der Waals surface area contributed by atoms with Crippen LogP contribution in [0.5, 0.6) is 5.75 Å². The van der Waals surface area contributed by atoms with E-state index < -0.39 is 5.41 Å². The molecule has 4 rings (SSSR count). The number of carbonyl (C=O) groups is 2. The van der Waals surface area contributed by atoms with E-state index in [2.05, 4.69) is 36.2 Å². The number of fused-ring (bicyclic) bond motifs is 1. The lowest BCUT2D eigenvalue weighted by Crippen LogP contribution is -2.55. The molecule has 1 spiro atoms. The lowest BCUT2D eigenvalue weighted by atomic mass is 9.74. The molecule has 2 saturated heterocycles. The van der Waals surface area contributed by atoms with Crippen LogP contribution in [-0.2, 0) is 16.0 Å². The van der Waals surface area contributed by atoms with Crippen molar-refractivity contribution in [1.82, 2.24) is 15.1 Å². The molecule has 6 nitrogen and oxygen atoms in total. The molecule has 2 fully saturated rings. The average Bonchev–Trinajstić information content (AvgIpc) is 2.84. The van der Waals surface area contributed by atoms with Crippen molar-refractivity contribution in [2.45, 2.75) is 71.3 Å². The van der Waals surface area contributed by atoms with Crippen LogP contribution in [0.2, 0.25) is 0 Å². The van der Waals surface area contributed by atoms with Gasteiger partial charge < -0.3 is 19.9 Å². The molecule has 6 heteroatoms. The number of likely N-dealkylation sites (tertiary alicyclic amines) is 2. The summed E-state index contributed by atoms with van der Waals surface area (Å²) in [6.07, 6.45) is 7.46. The lowest BCUT2D eigenvalue weighted by molar-refractivity contribution is -0.146. The van der Waals surface area contributed by atoms with Gasteiger partial charge in [-0.1, -0.05) is 24.6 Å². The third-order valence-electron chi connectivity index (χ3n) is 7.95. The SMILES string of the molecule is CC(C)N1CCC(C(=O)N2CCCC3(CCCCc4ccccc4OCCNC3=O)C2)CC1. The molecule has 1 N–H and O–H groups in total. The van der Waals surface area contributed by atoms with Crippen LogP contribution in [0.4, 0.5) is 0 Å². The summed E-state index contributed by atoms with van der Waals surface area (Å²) in [5, 5.41) is 3.14. The quantitative estimate of drug-likeness (QED) is 0.740. The Morgan fingerprint density at radius 3 is 2.64 bits per heavy atom. The van der Waals surface area contributed by atoms with Gasteiger partial charge in [0.25, 0.3) is 0 Å². The summed E-state index contributed by atoms with van der Waals surface area (Å²) in [4.78, 5) is 31.3. The van der Waals surface area contributed by atoms with Crippen LogP contribution in [0.25, 0.3) is 0 Å². The number of hydrogen-bond donors (Lipinski definition) is 1. The molecule has 0 aromatic heterocycles. The van der Waals surface area contributed by atoms with Crippen LogP contribution in [0.1, 0.15) is 64.4 Å². The van der Waals surface area contributed by atoms with Crippen molar-refractivity contribution >= 4 is 11.8 Å². The Morgan fingerprint density at radius 2 is 1.85 bits per heavy atom. The second-order valence-electron chi connectivity index (χ2n) is 10.5. The van der Waals surface area contributed by atoms with Gasteiger partial charge in [-0.25, -0.2) is 0 Å². The molecule has 1 aromatic rings. The first kappa shape index (κ1) is 24.1. The highest BCUT2D eigenvalue weighted by atomic mass is 16.5. The Hall–Kier alpha value is -2.08. The van der Waals surface area contributed by atoms with Gasteiger partial charge in [-0.15, -0.1) is 0 Å². The highest BCUT2D eigenvalue weighted by molar-refractivity contribution is 5.85. The van der Waals surface area contributed by atoms with Crippen molar-refractivity contribution in [2.24, 2.45) is 11.3 Å². The van der Waals surface area contributed by atoms with Gasteiger partial charge in [-0.3, -0.25) is 9.59 Å². The molecule has 182 valence electrons. The highest BCUT2D eigenvalue weighted by Crippen LogP contribution is 2.37. The van der Waals surface area contributed by atoms with E-state index >= 15 is 0 Å². The maximum Gasteiger partial charge on any atom is 0.228 e. The maximum absolute atomic E-state index is 13.4. The zero-order chi connectivity index (χ0) is 23.3. The molecular weight excluding hydrogens is 414 g/mol. The largest absolute Gasteiger partial charge is 0.491 e. The van der Waals surface area contributed by atoms with E-state index in [9.17, 15) is 9.59 Å². The predicted octanol–water partition coefficient (Wildman–Crippen LogP) is 3.64. The number of aryl methyl sites for hydroxylation is 1. The number of carbonyl (C=O) groups excluding carboxylic acids is 2. The Kier molecular flexibility index (Phi) is 7.94. The van der Waals surface area contributed by atoms with E-state index in [-0.39, 0.29) is 17.7 Å². The highest BCUT2D eigenvalue weighted by Gasteiger charge is 2.44. The first-order valence-electron chi connectivity index (χ1n) is 13.0. The summed E-state index contributed by atoms with van der Waals surface area (Å²) in [7, 11) is 0. The number of ether oxygens (including phenoxy) is 1. The van der Waals surface area contributed by atoms with E-state index in [1.807, 2.05) is 17.0 Å². The molecule has 1 unspecified atom stereocenters. The van der Waals surface area contributed by atoms with Crippen LogP contribution in [0, 0.1) is 11.3 Å². The Morgan fingerprint density at radius 1 is 1.09 bits per heavy atom.